The molecular formula is C22H17ClN4O2S. The third-order valence-electron chi connectivity index (χ3n) is 4.40. The third kappa shape index (κ3) is 4.27. The monoisotopic (exact) mass is 436 g/mol. The average molecular weight is 437 g/mol. The summed E-state index contributed by atoms with van der Waals surface area (Å²) in [6, 6.07) is 17.9. The lowest BCUT2D eigenvalue weighted by atomic mass is 10.2. The number of aryl methyl sites for hydroxylation is 1. The van der Waals surface area contributed by atoms with E-state index in [4.69, 9.17) is 17.3 Å². The molecule has 4 aromatic rings. The Balaban J connectivity index is 1.43. The Morgan fingerprint density at radius 2 is 1.60 bits per heavy atom. The molecule has 150 valence electrons. The standard InChI is InChI=1S/C22H17ClN4O2S/c1-12-2-9-18-19(10-12)30-22(27-18)13-3-5-14(6-4-13)25-20(28)21(29)26-15-7-8-17(24)16(23)11-15/h2-11H,24H2,1H3,(H,25,28)(H,26,29). The van der Waals surface area contributed by atoms with Gasteiger partial charge in [0.15, 0.2) is 0 Å². The van der Waals surface area contributed by atoms with Gasteiger partial charge in [0.1, 0.15) is 5.01 Å². The SMILES string of the molecule is Cc1ccc2nc(-c3ccc(NC(=O)C(=O)Nc4ccc(N)c(Cl)c4)cc3)sc2c1. The molecule has 2 amide bonds. The molecule has 1 heterocycles. The van der Waals surface area contributed by atoms with Crippen LogP contribution in [0.1, 0.15) is 5.56 Å². The first-order valence-electron chi connectivity index (χ1n) is 9.04. The Labute approximate surface area is 181 Å². The highest BCUT2D eigenvalue weighted by atomic mass is 35.5. The molecule has 0 fully saturated rings. The van der Waals surface area contributed by atoms with Crippen LogP contribution in [-0.2, 0) is 9.59 Å². The first kappa shape index (κ1) is 19.9. The number of thiazole rings is 1. The highest BCUT2D eigenvalue weighted by molar-refractivity contribution is 7.21. The predicted molar refractivity (Wildman–Crippen MR) is 123 cm³/mol. The van der Waals surface area contributed by atoms with Crippen molar-refractivity contribution in [3.63, 3.8) is 0 Å². The van der Waals surface area contributed by atoms with Gasteiger partial charge in [0.05, 0.1) is 20.9 Å². The van der Waals surface area contributed by atoms with Gasteiger partial charge in [0.25, 0.3) is 0 Å². The number of hydrogen-bond acceptors (Lipinski definition) is 5. The Morgan fingerprint density at radius 3 is 2.30 bits per heavy atom. The highest BCUT2D eigenvalue weighted by Crippen LogP contribution is 2.31. The number of fused-ring (bicyclic) bond motifs is 1. The number of aromatic nitrogens is 1. The summed E-state index contributed by atoms with van der Waals surface area (Å²) < 4.78 is 1.13. The van der Waals surface area contributed by atoms with Crippen molar-refractivity contribution in [2.24, 2.45) is 0 Å². The second-order valence-corrected chi connectivity index (χ2v) is 8.15. The molecule has 0 aliphatic rings. The number of carbonyl (C=O) groups excluding carboxylic acids is 2. The number of nitrogens with two attached hydrogens (primary N) is 1. The largest absolute Gasteiger partial charge is 0.398 e. The van der Waals surface area contributed by atoms with Crippen molar-refractivity contribution in [2.45, 2.75) is 6.92 Å². The second-order valence-electron chi connectivity index (χ2n) is 6.71. The number of nitrogens with zero attached hydrogens (tertiary/aromatic N) is 1. The first-order valence-corrected chi connectivity index (χ1v) is 10.2. The van der Waals surface area contributed by atoms with Crippen LogP contribution < -0.4 is 16.4 Å². The number of carbonyl (C=O) groups is 2. The quantitative estimate of drug-likeness (QED) is 0.308. The van der Waals surface area contributed by atoms with E-state index in [-0.39, 0.29) is 0 Å². The van der Waals surface area contributed by atoms with Crippen LogP contribution in [0.2, 0.25) is 5.02 Å². The maximum atomic E-state index is 12.2. The number of nitrogen functional groups attached to an aromatic ring is 1. The zero-order chi connectivity index (χ0) is 21.3. The molecule has 0 radical (unpaired) electrons. The van der Waals surface area contributed by atoms with Crippen molar-refractivity contribution in [1.29, 1.82) is 0 Å². The predicted octanol–water partition coefficient (Wildman–Crippen LogP) is 5.08. The molecule has 4 N–H and O–H groups in total. The van der Waals surface area contributed by atoms with E-state index in [2.05, 4.69) is 21.7 Å². The van der Waals surface area contributed by atoms with Gasteiger partial charge in [0.2, 0.25) is 0 Å². The van der Waals surface area contributed by atoms with Crippen LogP contribution in [0.5, 0.6) is 0 Å². The minimum absolute atomic E-state index is 0.300. The maximum Gasteiger partial charge on any atom is 0.314 e. The summed E-state index contributed by atoms with van der Waals surface area (Å²) in [5.74, 6) is -1.59. The van der Waals surface area contributed by atoms with Gasteiger partial charge in [-0.1, -0.05) is 17.7 Å². The van der Waals surface area contributed by atoms with Crippen LogP contribution in [0.25, 0.3) is 20.8 Å². The van der Waals surface area contributed by atoms with E-state index in [0.29, 0.717) is 22.1 Å². The van der Waals surface area contributed by atoms with Crippen LogP contribution in [0.3, 0.4) is 0 Å². The van der Waals surface area contributed by atoms with Gasteiger partial charge in [-0.15, -0.1) is 11.3 Å². The number of anilines is 3. The summed E-state index contributed by atoms with van der Waals surface area (Å²) in [6.07, 6.45) is 0. The molecule has 0 saturated heterocycles. The first-order chi connectivity index (χ1) is 14.4. The van der Waals surface area contributed by atoms with E-state index in [1.54, 1.807) is 35.6 Å². The number of benzene rings is 3. The average Bonchev–Trinajstić information content (AvgIpc) is 3.14. The summed E-state index contributed by atoms with van der Waals surface area (Å²) in [7, 11) is 0. The molecule has 0 unspecified atom stereocenters. The normalized spacial score (nSPS) is 10.7. The van der Waals surface area contributed by atoms with Gasteiger partial charge in [-0.05, 0) is 67.1 Å². The van der Waals surface area contributed by atoms with E-state index in [9.17, 15) is 9.59 Å². The van der Waals surface area contributed by atoms with Crippen molar-refractivity contribution in [3.8, 4) is 10.6 Å². The van der Waals surface area contributed by atoms with Gasteiger partial charge in [-0.3, -0.25) is 9.59 Å². The van der Waals surface area contributed by atoms with Crippen molar-refractivity contribution in [3.05, 3.63) is 71.2 Å². The lowest BCUT2D eigenvalue weighted by Gasteiger charge is -2.08. The summed E-state index contributed by atoms with van der Waals surface area (Å²) in [4.78, 5) is 29.0. The van der Waals surface area contributed by atoms with E-state index in [1.165, 1.54) is 11.6 Å². The van der Waals surface area contributed by atoms with Crippen molar-refractivity contribution >= 4 is 62.0 Å². The smallest absolute Gasteiger partial charge is 0.314 e. The Kier molecular flexibility index (Phi) is 5.39. The van der Waals surface area contributed by atoms with Gasteiger partial charge in [-0.2, -0.15) is 0 Å². The molecule has 1 aromatic heterocycles. The van der Waals surface area contributed by atoms with Crippen LogP contribution >= 0.6 is 22.9 Å². The molecular weight excluding hydrogens is 420 g/mol. The van der Waals surface area contributed by atoms with Crippen LogP contribution in [0.15, 0.2) is 60.7 Å². The molecule has 0 saturated carbocycles. The van der Waals surface area contributed by atoms with Gasteiger partial charge >= 0.3 is 11.8 Å². The number of amides is 2. The summed E-state index contributed by atoms with van der Waals surface area (Å²) in [5, 5.41) is 6.26. The fourth-order valence-electron chi connectivity index (χ4n) is 2.83. The Hall–Kier alpha value is -3.42. The molecule has 0 aliphatic heterocycles. The number of halogens is 1. The molecule has 0 aliphatic carbocycles. The fourth-order valence-corrected chi connectivity index (χ4v) is 4.08. The zero-order valence-electron chi connectivity index (χ0n) is 15.9. The number of rotatable bonds is 3. The molecule has 0 atom stereocenters. The lowest BCUT2D eigenvalue weighted by molar-refractivity contribution is -0.132. The summed E-state index contributed by atoms with van der Waals surface area (Å²) in [6.45, 7) is 2.05. The molecule has 3 aromatic carbocycles. The van der Waals surface area contributed by atoms with Crippen LogP contribution in [0, 0.1) is 6.92 Å². The highest BCUT2D eigenvalue weighted by Gasteiger charge is 2.15. The minimum atomic E-state index is -0.804. The molecule has 8 heteroatoms. The van der Waals surface area contributed by atoms with E-state index in [0.717, 1.165) is 20.8 Å². The molecule has 0 bridgehead atoms. The Bertz CT molecular complexity index is 1270. The van der Waals surface area contributed by atoms with Crippen molar-refractivity contribution < 1.29 is 9.59 Å². The van der Waals surface area contributed by atoms with Gasteiger partial charge < -0.3 is 16.4 Å². The number of nitrogens with one attached hydrogen (secondary N) is 2. The van der Waals surface area contributed by atoms with Crippen LogP contribution in [-0.4, -0.2) is 16.8 Å². The second kappa shape index (κ2) is 8.14. The summed E-state index contributed by atoms with van der Waals surface area (Å²) >= 11 is 7.53. The molecule has 0 spiro atoms. The van der Waals surface area contributed by atoms with Crippen LogP contribution in [0.4, 0.5) is 17.1 Å². The topological polar surface area (TPSA) is 97.1 Å². The number of hydrogen-bond donors (Lipinski definition) is 3. The molecule has 6 nitrogen and oxygen atoms in total. The lowest BCUT2D eigenvalue weighted by Crippen LogP contribution is -2.29. The van der Waals surface area contributed by atoms with E-state index in [1.807, 2.05) is 31.2 Å². The molecule has 4 rings (SSSR count). The van der Waals surface area contributed by atoms with E-state index >= 15 is 0 Å². The van der Waals surface area contributed by atoms with E-state index < -0.39 is 11.8 Å². The van der Waals surface area contributed by atoms with Crippen molar-refractivity contribution in [1.82, 2.24) is 4.98 Å². The Morgan fingerprint density at radius 1 is 0.933 bits per heavy atom. The zero-order valence-corrected chi connectivity index (χ0v) is 17.5. The fraction of sp³-hybridized carbons (Fsp3) is 0.0455. The minimum Gasteiger partial charge on any atom is -0.398 e. The third-order valence-corrected chi connectivity index (χ3v) is 5.79. The summed E-state index contributed by atoms with van der Waals surface area (Å²) in [5.41, 5.74) is 10.0. The maximum absolute atomic E-state index is 12.2. The van der Waals surface area contributed by atoms with Gasteiger partial charge in [-0.25, -0.2) is 4.98 Å². The van der Waals surface area contributed by atoms with Crippen molar-refractivity contribution in [2.75, 3.05) is 16.4 Å². The molecule has 30 heavy (non-hydrogen) atoms. The van der Waals surface area contributed by atoms with Gasteiger partial charge in [0, 0.05) is 16.9 Å².